The maximum atomic E-state index is 6.04. The lowest BCUT2D eigenvalue weighted by Crippen LogP contribution is -2.24. The Morgan fingerprint density at radius 2 is 2.05 bits per heavy atom. The maximum absolute atomic E-state index is 6.04. The van der Waals surface area contributed by atoms with E-state index in [1.165, 1.54) is 11.5 Å². The lowest BCUT2D eigenvalue weighted by Gasteiger charge is -2.21. The van der Waals surface area contributed by atoms with Crippen LogP contribution in [-0.4, -0.2) is 15.9 Å². The average Bonchev–Trinajstić information content (AvgIpc) is 2.90. The molecule has 1 aromatic heterocycles. The van der Waals surface area contributed by atoms with Crippen LogP contribution in [0.15, 0.2) is 24.3 Å². The van der Waals surface area contributed by atoms with E-state index < -0.39 is 0 Å². The van der Waals surface area contributed by atoms with Crippen molar-refractivity contribution in [1.29, 1.82) is 0 Å². The predicted molar refractivity (Wildman–Crippen MR) is 86.2 cm³/mol. The molecule has 0 aliphatic heterocycles. The van der Waals surface area contributed by atoms with Crippen molar-refractivity contribution in [3.8, 4) is 0 Å². The molecule has 20 heavy (non-hydrogen) atoms. The average molecular weight is 290 g/mol. The summed E-state index contributed by atoms with van der Waals surface area (Å²) in [4.78, 5) is 6.91. The van der Waals surface area contributed by atoms with Crippen LogP contribution in [0.3, 0.4) is 0 Å². The highest BCUT2D eigenvalue weighted by atomic mass is 32.1. The zero-order valence-corrected chi connectivity index (χ0v) is 13.2. The van der Waals surface area contributed by atoms with E-state index in [1.54, 1.807) is 0 Å². The van der Waals surface area contributed by atoms with Gasteiger partial charge in [-0.1, -0.05) is 39.0 Å². The van der Waals surface area contributed by atoms with Gasteiger partial charge in [-0.2, -0.15) is 4.37 Å². The summed E-state index contributed by atoms with van der Waals surface area (Å²) >= 11 is 1.48. The van der Waals surface area contributed by atoms with Gasteiger partial charge in [0, 0.05) is 36.2 Å². The zero-order valence-electron chi connectivity index (χ0n) is 12.3. The molecular weight excluding hydrogens is 268 g/mol. The Morgan fingerprint density at radius 1 is 1.30 bits per heavy atom. The minimum Gasteiger partial charge on any atom is -0.398 e. The summed E-state index contributed by atoms with van der Waals surface area (Å²) in [5, 5.41) is 0.985. The molecule has 0 saturated carbocycles. The standard InChI is InChI=1S/C15H22N4S/c1-4-9-19(10-12-7-5-6-8-13(12)16)15-17-14(11(2)3)18-20-15/h5-8,11H,4,9-10,16H2,1-3H3. The third-order valence-electron chi connectivity index (χ3n) is 3.13. The van der Waals surface area contributed by atoms with Crippen LogP contribution in [0.5, 0.6) is 0 Å². The molecule has 0 saturated heterocycles. The van der Waals surface area contributed by atoms with E-state index in [0.29, 0.717) is 5.92 Å². The van der Waals surface area contributed by atoms with Gasteiger partial charge in [-0.25, -0.2) is 4.98 Å². The molecule has 2 N–H and O–H groups in total. The van der Waals surface area contributed by atoms with Crippen LogP contribution in [0.2, 0.25) is 0 Å². The predicted octanol–water partition coefficient (Wildman–Crippen LogP) is 3.66. The Hall–Kier alpha value is -1.62. The first-order valence-corrected chi connectivity index (χ1v) is 7.81. The van der Waals surface area contributed by atoms with Crippen LogP contribution < -0.4 is 10.6 Å². The minimum atomic E-state index is 0.366. The van der Waals surface area contributed by atoms with Gasteiger partial charge < -0.3 is 10.6 Å². The Balaban J connectivity index is 2.20. The first kappa shape index (κ1) is 14.8. The Morgan fingerprint density at radius 3 is 2.65 bits per heavy atom. The number of anilines is 2. The number of para-hydroxylation sites is 1. The van der Waals surface area contributed by atoms with Crippen molar-refractivity contribution in [3.63, 3.8) is 0 Å². The number of aromatic nitrogens is 2. The molecule has 2 aromatic rings. The summed E-state index contributed by atoms with van der Waals surface area (Å²) < 4.78 is 4.44. The van der Waals surface area contributed by atoms with E-state index in [9.17, 15) is 0 Å². The summed E-state index contributed by atoms with van der Waals surface area (Å²) in [6.07, 6.45) is 1.07. The van der Waals surface area contributed by atoms with Crippen LogP contribution in [0.25, 0.3) is 0 Å². The van der Waals surface area contributed by atoms with Crippen molar-refractivity contribution in [1.82, 2.24) is 9.36 Å². The van der Waals surface area contributed by atoms with Gasteiger partial charge in [-0.3, -0.25) is 0 Å². The largest absolute Gasteiger partial charge is 0.398 e. The van der Waals surface area contributed by atoms with Gasteiger partial charge in [-0.05, 0) is 18.1 Å². The summed E-state index contributed by atoms with van der Waals surface area (Å²) in [6.45, 7) is 8.15. The number of nitrogens with two attached hydrogens (primary N) is 1. The van der Waals surface area contributed by atoms with Crippen LogP contribution in [-0.2, 0) is 6.54 Å². The fourth-order valence-electron chi connectivity index (χ4n) is 1.99. The van der Waals surface area contributed by atoms with Crippen molar-refractivity contribution in [3.05, 3.63) is 35.7 Å². The SMILES string of the molecule is CCCN(Cc1ccccc1N)c1nc(C(C)C)ns1. The second kappa shape index (κ2) is 6.70. The lowest BCUT2D eigenvalue weighted by molar-refractivity contribution is 0.749. The third-order valence-corrected chi connectivity index (χ3v) is 3.92. The molecular formula is C15H22N4S. The highest BCUT2D eigenvalue weighted by molar-refractivity contribution is 7.09. The Labute approximate surface area is 124 Å². The zero-order chi connectivity index (χ0) is 14.5. The normalized spacial score (nSPS) is 11.0. The maximum Gasteiger partial charge on any atom is 0.205 e. The molecule has 0 atom stereocenters. The molecule has 0 aliphatic carbocycles. The van der Waals surface area contributed by atoms with Gasteiger partial charge in [0.15, 0.2) is 0 Å². The molecule has 1 heterocycles. The number of hydrogen-bond acceptors (Lipinski definition) is 5. The van der Waals surface area contributed by atoms with E-state index in [-0.39, 0.29) is 0 Å². The molecule has 0 unspecified atom stereocenters. The minimum absolute atomic E-state index is 0.366. The second-order valence-electron chi connectivity index (χ2n) is 5.21. The first-order chi connectivity index (χ1) is 9.61. The molecule has 108 valence electrons. The van der Waals surface area contributed by atoms with E-state index in [4.69, 9.17) is 5.73 Å². The molecule has 0 amide bonds. The van der Waals surface area contributed by atoms with Crippen LogP contribution >= 0.6 is 11.5 Å². The van der Waals surface area contributed by atoms with Gasteiger partial charge in [0.05, 0.1) is 0 Å². The molecule has 0 aliphatic rings. The fourth-order valence-corrected chi connectivity index (χ4v) is 2.82. The Bertz CT molecular complexity index is 550. The quantitative estimate of drug-likeness (QED) is 0.825. The van der Waals surface area contributed by atoms with Crippen molar-refractivity contribution >= 4 is 22.4 Å². The molecule has 2 rings (SSSR count). The molecule has 0 fully saturated rings. The van der Waals surface area contributed by atoms with Crippen LogP contribution in [0, 0.1) is 0 Å². The second-order valence-corrected chi connectivity index (χ2v) is 5.94. The molecule has 1 aromatic carbocycles. The number of hydrogen-bond donors (Lipinski definition) is 1. The molecule has 4 nitrogen and oxygen atoms in total. The molecule has 0 bridgehead atoms. The monoisotopic (exact) mass is 290 g/mol. The smallest absolute Gasteiger partial charge is 0.205 e. The van der Waals surface area contributed by atoms with Crippen molar-refractivity contribution in [2.75, 3.05) is 17.2 Å². The molecule has 0 spiro atoms. The lowest BCUT2D eigenvalue weighted by atomic mass is 10.1. The van der Waals surface area contributed by atoms with Crippen molar-refractivity contribution in [2.24, 2.45) is 0 Å². The van der Waals surface area contributed by atoms with Gasteiger partial charge in [0.25, 0.3) is 0 Å². The highest BCUT2D eigenvalue weighted by Crippen LogP contribution is 2.24. The molecule has 5 heteroatoms. The summed E-state index contributed by atoms with van der Waals surface area (Å²) in [6, 6.07) is 8.00. The van der Waals surface area contributed by atoms with Crippen LogP contribution in [0.4, 0.5) is 10.8 Å². The summed E-state index contributed by atoms with van der Waals surface area (Å²) in [5.74, 6) is 1.29. The number of nitrogen functional groups attached to an aromatic ring is 1. The van der Waals surface area contributed by atoms with Crippen LogP contribution in [0.1, 0.15) is 44.5 Å². The van der Waals surface area contributed by atoms with Crippen molar-refractivity contribution in [2.45, 2.75) is 39.7 Å². The van der Waals surface area contributed by atoms with Gasteiger partial charge in [0.1, 0.15) is 5.82 Å². The number of benzene rings is 1. The van der Waals surface area contributed by atoms with E-state index in [0.717, 1.165) is 41.7 Å². The highest BCUT2D eigenvalue weighted by Gasteiger charge is 2.14. The Kier molecular flexibility index (Phi) is 4.95. The summed E-state index contributed by atoms with van der Waals surface area (Å²) in [7, 11) is 0. The van der Waals surface area contributed by atoms with Gasteiger partial charge in [-0.15, -0.1) is 0 Å². The first-order valence-electron chi connectivity index (χ1n) is 7.03. The number of rotatable bonds is 6. The van der Waals surface area contributed by atoms with Crippen molar-refractivity contribution < 1.29 is 0 Å². The van der Waals surface area contributed by atoms with E-state index >= 15 is 0 Å². The third kappa shape index (κ3) is 3.48. The van der Waals surface area contributed by atoms with Gasteiger partial charge >= 0.3 is 0 Å². The van der Waals surface area contributed by atoms with E-state index in [2.05, 4.69) is 41.1 Å². The topological polar surface area (TPSA) is 55.0 Å². The molecule has 0 radical (unpaired) electrons. The summed E-state index contributed by atoms with van der Waals surface area (Å²) in [5.41, 5.74) is 8.01. The number of nitrogens with zero attached hydrogens (tertiary/aromatic N) is 3. The fraction of sp³-hybridized carbons (Fsp3) is 0.467. The van der Waals surface area contributed by atoms with Gasteiger partial charge in [0.2, 0.25) is 5.13 Å². The van der Waals surface area contributed by atoms with E-state index in [1.807, 2.05) is 18.2 Å².